The van der Waals surface area contributed by atoms with E-state index in [0.29, 0.717) is 5.56 Å². The summed E-state index contributed by atoms with van der Waals surface area (Å²) in [5.41, 5.74) is 0.507. The molecule has 0 fully saturated rings. The van der Waals surface area contributed by atoms with Crippen LogP contribution in [0, 0.1) is 0 Å². The molecule has 3 nitrogen and oxygen atoms in total. The van der Waals surface area contributed by atoms with Crippen molar-refractivity contribution in [3.63, 3.8) is 0 Å². The van der Waals surface area contributed by atoms with Crippen LogP contribution < -0.4 is 0 Å². The molecular formula is C14H16O3S. The summed E-state index contributed by atoms with van der Waals surface area (Å²) < 4.78 is 0. The van der Waals surface area contributed by atoms with Gasteiger partial charge < -0.3 is 5.11 Å². The molecule has 0 atom stereocenters. The first-order valence-corrected chi connectivity index (χ1v) is 6.80. The lowest BCUT2D eigenvalue weighted by molar-refractivity contribution is -0.131. The maximum atomic E-state index is 11.6. The van der Waals surface area contributed by atoms with Crippen molar-refractivity contribution in [1.82, 2.24) is 0 Å². The summed E-state index contributed by atoms with van der Waals surface area (Å²) >= 11 is 1.76. The minimum absolute atomic E-state index is 0.289. The van der Waals surface area contributed by atoms with E-state index in [1.807, 2.05) is 12.1 Å². The van der Waals surface area contributed by atoms with Gasteiger partial charge in [-0.2, -0.15) is 0 Å². The lowest BCUT2D eigenvalue weighted by Gasteiger charge is -2.01. The summed E-state index contributed by atoms with van der Waals surface area (Å²) in [7, 11) is 0. The maximum absolute atomic E-state index is 11.6. The molecule has 0 saturated carbocycles. The number of carboxylic acid groups (broad SMARTS) is 1. The molecule has 96 valence electrons. The number of allylic oxidation sites excluding steroid dienone is 1. The Morgan fingerprint density at radius 3 is 2.44 bits per heavy atom. The highest BCUT2D eigenvalue weighted by Crippen LogP contribution is 2.19. The van der Waals surface area contributed by atoms with Gasteiger partial charge in [-0.1, -0.05) is 13.3 Å². The Morgan fingerprint density at radius 2 is 1.89 bits per heavy atom. The van der Waals surface area contributed by atoms with Gasteiger partial charge in [-0.05, 0) is 42.5 Å². The molecule has 0 aromatic heterocycles. The third-order valence-corrected chi connectivity index (χ3v) is 3.38. The van der Waals surface area contributed by atoms with E-state index in [2.05, 4.69) is 6.92 Å². The molecule has 1 rings (SSSR count). The molecule has 0 aliphatic rings. The van der Waals surface area contributed by atoms with Gasteiger partial charge in [-0.3, -0.25) is 4.79 Å². The number of thioether (sulfide) groups is 1. The molecular weight excluding hydrogens is 248 g/mol. The molecule has 18 heavy (non-hydrogen) atoms. The van der Waals surface area contributed by atoms with Crippen LogP contribution in [0.15, 0.2) is 41.3 Å². The van der Waals surface area contributed by atoms with Gasteiger partial charge in [0.1, 0.15) is 0 Å². The van der Waals surface area contributed by atoms with Gasteiger partial charge in [0.15, 0.2) is 5.78 Å². The Hall–Kier alpha value is -1.55. The van der Waals surface area contributed by atoms with Crippen molar-refractivity contribution in [3.05, 3.63) is 42.0 Å². The number of carbonyl (C=O) groups is 2. The van der Waals surface area contributed by atoms with E-state index < -0.39 is 5.97 Å². The van der Waals surface area contributed by atoms with E-state index in [1.54, 1.807) is 23.9 Å². The minimum atomic E-state index is -1.12. The van der Waals surface area contributed by atoms with Crippen molar-refractivity contribution >= 4 is 23.5 Å². The smallest absolute Gasteiger partial charge is 0.328 e. The lowest BCUT2D eigenvalue weighted by atomic mass is 10.1. The van der Waals surface area contributed by atoms with Gasteiger partial charge in [-0.15, -0.1) is 11.8 Å². The van der Waals surface area contributed by atoms with Crippen molar-refractivity contribution < 1.29 is 14.7 Å². The molecule has 0 spiro atoms. The van der Waals surface area contributed by atoms with Gasteiger partial charge in [-0.25, -0.2) is 4.79 Å². The van der Waals surface area contributed by atoms with Gasteiger partial charge >= 0.3 is 5.97 Å². The molecule has 0 aliphatic heterocycles. The van der Waals surface area contributed by atoms with Crippen molar-refractivity contribution in [2.24, 2.45) is 0 Å². The summed E-state index contributed by atoms with van der Waals surface area (Å²) in [6.45, 7) is 2.15. The molecule has 4 heteroatoms. The average Bonchev–Trinajstić information content (AvgIpc) is 2.37. The first kappa shape index (κ1) is 14.5. The summed E-state index contributed by atoms with van der Waals surface area (Å²) in [6, 6.07) is 7.23. The number of unbranched alkanes of at least 4 members (excludes halogenated alkanes) is 1. The van der Waals surface area contributed by atoms with E-state index in [1.165, 1.54) is 12.8 Å². The molecule has 0 aliphatic carbocycles. The zero-order valence-corrected chi connectivity index (χ0v) is 11.1. The molecule has 1 aromatic rings. The lowest BCUT2D eigenvalue weighted by Crippen LogP contribution is -1.96. The second-order valence-corrected chi connectivity index (χ2v) is 4.93. The first-order chi connectivity index (χ1) is 8.63. The number of rotatable bonds is 7. The van der Waals surface area contributed by atoms with Crippen LogP contribution in [0.5, 0.6) is 0 Å². The highest BCUT2D eigenvalue weighted by molar-refractivity contribution is 7.99. The normalized spacial score (nSPS) is 10.7. The number of benzene rings is 1. The molecule has 0 bridgehead atoms. The maximum Gasteiger partial charge on any atom is 0.328 e. The second-order valence-electron chi connectivity index (χ2n) is 3.76. The number of carbonyl (C=O) groups excluding carboxylic acids is 1. The Bertz CT molecular complexity index is 435. The van der Waals surface area contributed by atoms with Crippen molar-refractivity contribution in [2.75, 3.05) is 5.75 Å². The Labute approximate surface area is 111 Å². The largest absolute Gasteiger partial charge is 0.478 e. The predicted octanol–water partition coefficient (Wildman–Crippen LogP) is 3.40. The number of hydrogen-bond acceptors (Lipinski definition) is 3. The Morgan fingerprint density at radius 1 is 1.22 bits per heavy atom. The quantitative estimate of drug-likeness (QED) is 0.355. The number of ketones is 1. The third-order valence-electron chi connectivity index (χ3n) is 2.28. The number of hydrogen-bond donors (Lipinski definition) is 1. The van der Waals surface area contributed by atoms with Crippen LogP contribution in [0.25, 0.3) is 0 Å². The van der Waals surface area contributed by atoms with E-state index in [-0.39, 0.29) is 5.78 Å². The van der Waals surface area contributed by atoms with Crippen LogP contribution >= 0.6 is 11.8 Å². The molecule has 1 N–H and O–H groups in total. The summed E-state index contributed by atoms with van der Waals surface area (Å²) in [5.74, 6) is -0.333. The highest BCUT2D eigenvalue weighted by Gasteiger charge is 2.02. The molecule has 0 radical (unpaired) electrons. The summed E-state index contributed by atoms with van der Waals surface area (Å²) in [6.07, 6.45) is 4.27. The molecule has 0 heterocycles. The average molecular weight is 264 g/mol. The molecule has 1 aromatic carbocycles. The van der Waals surface area contributed by atoms with Crippen LogP contribution in [-0.4, -0.2) is 22.6 Å². The third kappa shape index (κ3) is 5.19. The van der Waals surface area contributed by atoms with Crippen LogP contribution in [0.2, 0.25) is 0 Å². The van der Waals surface area contributed by atoms with Crippen LogP contribution in [-0.2, 0) is 4.79 Å². The van der Waals surface area contributed by atoms with Crippen LogP contribution in [0.4, 0.5) is 0 Å². The molecule has 0 saturated heterocycles. The monoisotopic (exact) mass is 264 g/mol. The number of aliphatic carboxylic acids is 1. The molecule has 0 unspecified atom stereocenters. The summed E-state index contributed by atoms with van der Waals surface area (Å²) in [4.78, 5) is 23.0. The number of carboxylic acids is 1. The second kappa shape index (κ2) is 7.71. The van der Waals surface area contributed by atoms with E-state index in [9.17, 15) is 9.59 Å². The summed E-state index contributed by atoms with van der Waals surface area (Å²) in [5, 5.41) is 8.43. The van der Waals surface area contributed by atoms with Crippen molar-refractivity contribution in [3.8, 4) is 0 Å². The van der Waals surface area contributed by atoms with E-state index >= 15 is 0 Å². The Kier molecular flexibility index (Phi) is 6.22. The van der Waals surface area contributed by atoms with E-state index in [0.717, 1.165) is 22.8 Å². The molecule has 0 amide bonds. The Balaban J connectivity index is 2.59. The fraction of sp³-hybridized carbons (Fsp3) is 0.286. The zero-order valence-electron chi connectivity index (χ0n) is 10.3. The predicted molar refractivity (Wildman–Crippen MR) is 73.2 cm³/mol. The highest BCUT2D eigenvalue weighted by atomic mass is 32.2. The van der Waals surface area contributed by atoms with Crippen LogP contribution in [0.1, 0.15) is 30.1 Å². The van der Waals surface area contributed by atoms with Gasteiger partial charge in [0.25, 0.3) is 0 Å². The SMILES string of the molecule is CCCCSc1ccc(C(=O)/C=C/C(=O)O)cc1. The van der Waals surface area contributed by atoms with Crippen molar-refractivity contribution in [2.45, 2.75) is 24.7 Å². The first-order valence-electron chi connectivity index (χ1n) is 5.81. The van der Waals surface area contributed by atoms with E-state index in [4.69, 9.17) is 5.11 Å². The van der Waals surface area contributed by atoms with Gasteiger partial charge in [0.2, 0.25) is 0 Å². The van der Waals surface area contributed by atoms with Crippen molar-refractivity contribution in [1.29, 1.82) is 0 Å². The van der Waals surface area contributed by atoms with Crippen LogP contribution in [0.3, 0.4) is 0 Å². The van der Waals surface area contributed by atoms with Gasteiger partial charge in [0.05, 0.1) is 0 Å². The zero-order chi connectivity index (χ0) is 13.4. The fourth-order valence-electron chi connectivity index (χ4n) is 1.29. The fourth-order valence-corrected chi connectivity index (χ4v) is 2.29. The topological polar surface area (TPSA) is 54.4 Å². The standard InChI is InChI=1S/C14H16O3S/c1-2-3-10-18-12-6-4-11(5-7-12)13(15)8-9-14(16)17/h4-9H,2-3,10H2,1H3,(H,16,17)/b9-8+. The minimum Gasteiger partial charge on any atom is -0.478 e. The van der Waals surface area contributed by atoms with Gasteiger partial charge in [0, 0.05) is 16.5 Å².